The molecule has 2 aliphatic heterocycles. The van der Waals surface area contributed by atoms with Crippen LogP contribution in [0.3, 0.4) is 0 Å². The Morgan fingerprint density at radius 3 is 2.64 bits per heavy atom. The number of fused-ring (bicyclic) bond motifs is 3. The average molecular weight is 374 g/mol. The molecule has 6 heteroatoms. The first-order chi connectivity index (χ1) is 13.8. The Morgan fingerprint density at radius 1 is 1.07 bits per heavy atom. The fourth-order valence-electron chi connectivity index (χ4n) is 4.24. The number of para-hydroxylation sites is 1. The summed E-state index contributed by atoms with van der Waals surface area (Å²) in [5.41, 5.74) is 4.77. The number of nitrogens with one attached hydrogen (secondary N) is 2. The summed E-state index contributed by atoms with van der Waals surface area (Å²) in [6, 6.07) is 17.1. The lowest BCUT2D eigenvalue weighted by atomic mass is 9.89. The van der Waals surface area contributed by atoms with Crippen molar-refractivity contribution in [2.45, 2.75) is 32.2 Å². The van der Waals surface area contributed by atoms with Crippen LogP contribution >= 0.6 is 0 Å². The number of aromatic nitrogens is 3. The summed E-state index contributed by atoms with van der Waals surface area (Å²) in [6.45, 7) is 6.60. The first-order valence-electron chi connectivity index (χ1n) is 10.2. The van der Waals surface area contributed by atoms with Gasteiger partial charge in [-0.05, 0) is 67.7 Å². The van der Waals surface area contributed by atoms with Gasteiger partial charge in [0.1, 0.15) is 0 Å². The van der Waals surface area contributed by atoms with Crippen LogP contribution in [-0.2, 0) is 6.54 Å². The zero-order valence-corrected chi connectivity index (χ0v) is 16.2. The van der Waals surface area contributed by atoms with E-state index >= 15 is 0 Å². The molecule has 0 unspecified atom stereocenters. The minimum Gasteiger partial charge on any atom is -0.350 e. The summed E-state index contributed by atoms with van der Waals surface area (Å²) >= 11 is 0. The van der Waals surface area contributed by atoms with Crippen molar-refractivity contribution in [1.82, 2.24) is 19.7 Å². The molecule has 0 amide bonds. The van der Waals surface area contributed by atoms with E-state index < -0.39 is 0 Å². The Bertz CT molecular complexity index is 953. The molecule has 2 N–H and O–H groups in total. The maximum absolute atomic E-state index is 4.64. The highest BCUT2D eigenvalue weighted by Gasteiger charge is 2.20. The lowest BCUT2D eigenvalue weighted by Gasteiger charge is -2.31. The second-order valence-corrected chi connectivity index (χ2v) is 7.61. The zero-order valence-electron chi connectivity index (χ0n) is 16.2. The van der Waals surface area contributed by atoms with Crippen LogP contribution in [0.4, 0.5) is 17.6 Å². The number of benzene rings is 2. The van der Waals surface area contributed by atoms with Gasteiger partial charge in [0.05, 0.1) is 5.69 Å². The summed E-state index contributed by atoms with van der Waals surface area (Å²) in [7, 11) is 0. The highest BCUT2D eigenvalue weighted by molar-refractivity contribution is 5.58. The van der Waals surface area contributed by atoms with E-state index in [2.05, 4.69) is 75.0 Å². The summed E-state index contributed by atoms with van der Waals surface area (Å²) in [5, 5.41) is 11.3. The molecule has 2 aromatic carbocycles. The van der Waals surface area contributed by atoms with Crippen LogP contribution in [0.1, 0.15) is 36.8 Å². The minimum atomic E-state index is 0.614. The fourth-order valence-corrected chi connectivity index (χ4v) is 4.24. The maximum atomic E-state index is 4.64. The molecule has 3 aromatic rings. The standard InChI is InChI=1S/C22H26N6/c1-2-27-13-11-17(12-14-27)16-7-9-19(10-8-16)24-21-25-22-23-15-18-5-3-4-6-20(18)28(22)26-21/h3-10,17H,2,11-15H2,1H3,(H2,23,24,25,26). The van der Waals surface area contributed by atoms with Crippen LogP contribution in [0, 0.1) is 0 Å². The van der Waals surface area contributed by atoms with E-state index in [1.165, 1.54) is 37.1 Å². The molecular weight excluding hydrogens is 348 g/mol. The van der Waals surface area contributed by atoms with Crippen molar-refractivity contribution in [3.05, 3.63) is 59.7 Å². The molecule has 0 radical (unpaired) electrons. The van der Waals surface area contributed by atoms with Crippen LogP contribution in [0.5, 0.6) is 0 Å². The highest BCUT2D eigenvalue weighted by Crippen LogP contribution is 2.30. The van der Waals surface area contributed by atoms with E-state index in [0.29, 0.717) is 11.9 Å². The van der Waals surface area contributed by atoms with Gasteiger partial charge >= 0.3 is 0 Å². The lowest BCUT2D eigenvalue weighted by molar-refractivity contribution is 0.222. The molecule has 0 spiro atoms. The Balaban J connectivity index is 1.30. The van der Waals surface area contributed by atoms with Gasteiger partial charge < -0.3 is 15.5 Å². The van der Waals surface area contributed by atoms with E-state index in [4.69, 9.17) is 0 Å². The summed E-state index contributed by atoms with van der Waals surface area (Å²) < 4.78 is 1.87. The van der Waals surface area contributed by atoms with Crippen molar-refractivity contribution in [2.75, 3.05) is 30.3 Å². The van der Waals surface area contributed by atoms with E-state index in [1.807, 2.05) is 10.7 Å². The van der Waals surface area contributed by atoms with Crippen LogP contribution in [0.15, 0.2) is 48.5 Å². The van der Waals surface area contributed by atoms with E-state index in [-0.39, 0.29) is 0 Å². The molecule has 0 aliphatic carbocycles. The van der Waals surface area contributed by atoms with Crippen LogP contribution < -0.4 is 10.6 Å². The first-order valence-corrected chi connectivity index (χ1v) is 10.2. The van der Waals surface area contributed by atoms with Crippen molar-refractivity contribution in [3.8, 4) is 5.69 Å². The number of anilines is 3. The SMILES string of the molecule is CCN1CCC(c2ccc(Nc3nc4n(n3)-c3ccccc3CN4)cc2)CC1. The largest absolute Gasteiger partial charge is 0.350 e. The second kappa shape index (κ2) is 7.28. The predicted molar refractivity (Wildman–Crippen MR) is 112 cm³/mol. The lowest BCUT2D eigenvalue weighted by Crippen LogP contribution is -2.32. The molecule has 0 bridgehead atoms. The molecular formula is C22H26N6. The summed E-state index contributed by atoms with van der Waals surface area (Å²) in [4.78, 5) is 7.13. The van der Waals surface area contributed by atoms with Crippen molar-refractivity contribution < 1.29 is 0 Å². The molecule has 2 aliphatic rings. The van der Waals surface area contributed by atoms with Crippen LogP contribution in [-0.4, -0.2) is 39.3 Å². The molecule has 3 heterocycles. The number of nitrogens with zero attached hydrogens (tertiary/aromatic N) is 4. The Labute approximate surface area is 165 Å². The number of hydrogen-bond donors (Lipinski definition) is 2. The number of likely N-dealkylation sites (tertiary alicyclic amines) is 1. The van der Waals surface area contributed by atoms with Gasteiger partial charge in [-0.25, -0.2) is 0 Å². The van der Waals surface area contributed by atoms with E-state index in [9.17, 15) is 0 Å². The number of rotatable bonds is 4. The van der Waals surface area contributed by atoms with Gasteiger partial charge in [0.2, 0.25) is 11.9 Å². The molecule has 5 rings (SSSR count). The van der Waals surface area contributed by atoms with Crippen molar-refractivity contribution >= 4 is 17.6 Å². The molecule has 1 fully saturated rings. The summed E-state index contributed by atoms with van der Waals surface area (Å²) in [5.74, 6) is 2.07. The van der Waals surface area contributed by atoms with Gasteiger partial charge in [-0.15, -0.1) is 5.10 Å². The monoisotopic (exact) mass is 374 g/mol. The Kier molecular flexibility index (Phi) is 4.49. The number of piperidine rings is 1. The maximum Gasteiger partial charge on any atom is 0.248 e. The van der Waals surface area contributed by atoms with E-state index in [0.717, 1.165) is 30.4 Å². The molecule has 0 saturated carbocycles. The number of hydrogen-bond acceptors (Lipinski definition) is 5. The van der Waals surface area contributed by atoms with Crippen LogP contribution in [0.2, 0.25) is 0 Å². The molecule has 0 atom stereocenters. The van der Waals surface area contributed by atoms with Gasteiger partial charge in [0, 0.05) is 12.2 Å². The second-order valence-electron chi connectivity index (χ2n) is 7.61. The molecule has 1 aromatic heterocycles. The summed E-state index contributed by atoms with van der Waals surface area (Å²) in [6.07, 6.45) is 2.50. The van der Waals surface area contributed by atoms with Gasteiger partial charge in [0.15, 0.2) is 0 Å². The van der Waals surface area contributed by atoms with E-state index in [1.54, 1.807) is 0 Å². The third kappa shape index (κ3) is 3.24. The van der Waals surface area contributed by atoms with Gasteiger partial charge in [0.25, 0.3) is 0 Å². The molecule has 28 heavy (non-hydrogen) atoms. The topological polar surface area (TPSA) is 58.0 Å². The zero-order chi connectivity index (χ0) is 18.9. The van der Waals surface area contributed by atoms with Gasteiger partial charge in [-0.1, -0.05) is 37.3 Å². The fraction of sp³-hybridized carbons (Fsp3) is 0.364. The Hall–Kier alpha value is -2.86. The Morgan fingerprint density at radius 2 is 1.86 bits per heavy atom. The first kappa shape index (κ1) is 17.3. The molecule has 1 saturated heterocycles. The highest BCUT2D eigenvalue weighted by atomic mass is 15.4. The average Bonchev–Trinajstić information content (AvgIpc) is 3.17. The molecule has 144 valence electrons. The molecule has 6 nitrogen and oxygen atoms in total. The van der Waals surface area contributed by atoms with Crippen molar-refractivity contribution in [1.29, 1.82) is 0 Å². The normalized spacial score (nSPS) is 16.9. The quantitative estimate of drug-likeness (QED) is 0.719. The third-order valence-electron chi connectivity index (χ3n) is 5.94. The van der Waals surface area contributed by atoms with Gasteiger partial charge in [-0.3, -0.25) is 0 Å². The predicted octanol–water partition coefficient (Wildman–Crippen LogP) is 4.14. The van der Waals surface area contributed by atoms with Crippen molar-refractivity contribution in [3.63, 3.8) is 0 Å². The van der Waals surface area contributed by atoms with Crippen molar-refractivity contribution in [2.24, 2.45) is 0 Å². The van der Waals surface area contributed by atoms with Crippen LogP contribution in [0.25, 0.3) is 5.69 Å². The minimum absolute atomic E-state index is 0.614. The smallest absolute Gasteiger partial charge is 0.248 e. The third-order valence-corrected chi connectivity index (χ3v) is 5.94. The van der Waals surface area contributed by atoms with Gasteiger partial charge in [-0.2, -0.15) is 9.67 Å².